The van der Waals surface area contributed by atoms with E-state index in [1.807, 2.05) is 62.4 Å². The summed E-state index contributed by atoms with van der Waals surface area (Å²) in [6.45, 7) is 7.03. The molecule has 168 valence electrons. The standard InChI is InChI=1S/C25H33ClN2O2S/c1-4-5-16-27-25(30)20(3)28(18-21-10-7-6-9-19(21)2)24(29)11-8-17-31-23-14-12-22(26)13-15-23/h6-7,9-10,12-15,20H,4-5,8,11,16-18H2,1-3H3,(H,27,30)/t20-/m0/s1. The third-order valence-corrected chi connectivity index (χ3v) is 6.57. The van der Waals surface area contributed by atoms with Gasteiger partial charge in [-0.05, 0) is 67.8 Å². The minimum absolute atomic E-state index is 0.0121. The third kappa shape index (κ3) is 8.58. The minimum Gasteiger partial charge on any atom is -0.354 e. The highest BCUT2D eigenvalue weighted by atomic mass is 35.5. The summed E-state index contributed by atoms with van der Waals surface area (Å²) < 4.78 is 0. The topological polar surface area (TPSA) is 49.4 Å². The number of thioether (sulfide) groups is 1. The fourth-order valence-electron chi connectivity index (χ4n) is 3.18. The molecule has 2 aromatic carbocycles. The van der Waals surface area contributed by atoms with Crippen LogP contribution in [0.25, 0.3) is 0 Å². The predicted octanol–water partition coefficient (Wildman–Crippen LogP) is 5.85. The van der Waals surface area contributed by atoms with Gasteiger partial charge >= 0.3 is 0 Å². The molecule has 0 saturated carbocycles. The molecule has 0 bridgehead atoms. The third-order valence-electron chi connectivity index (χ3n) is 5.22. The molecule has 0 heterocycles. The lowest BCUT2D eigenvalue weighted by molar-refractivity contribution is -0.140. The molecular weight excluding hydrogens is 428 g/mol. The molecule has 1 N–H and O–H groups in total. The lowest BCUT2D eigenvalue weighted by Crippen LogP contribution is -2.47. The van der Waals surface area contributed by atoms with E-state index in [-0.39, 0.29) is 11.8 Å². The molecule has 0 aliphatic rings. The Morgan fingerprint density at radius 1 is 1.10 bits per heavy atom. The first-order chi connectivity index (χ1) is 14.9. The molecule has 0 aromatic heterocycles. The molecule has 4 nitrogen and oxygen atoms in total. The van der Waals surface area contributed by atoms with Crippen molar-refractivity contribution in [2.45, 2.75) is 63.9 Å². The second kappa shape index (κ2) is 13.4. The Morgan fingerprint density at radius 2 is 1.81 bits per heavy atom. The van der Waals surface area contributed by atoms with Crippen molar-refractivity contribution in [2.24, 2.45) is 0 Å². The van der Waals surface area contributed by atoms with Crippen LogP contribution < -0.4 is 5.32 Å². The fraction of sp³-hybridized carbons (Fsp3) is 0.440. The van der Waals surface area contributed by atoms with Gasteiger partial charge in [-0.1, -0.05) is 49.2 Å². The molecule has 31 heavy (non-hydrogen) atoms. The van der Waals surface area contributed by atoms with Gasteiger partial charge in [-0.25, -0.2) is 0 Å². The Balaban J connectivity index is 1.98. The summed E-state index contributed by atoms with van der Waals surface area (Å²) in [6.07, 6.45) is 3.12. The van der Waals surface area contributed by atoms with Crippen molar-refractivity contribution in [3.8, 4) is 0 Å². The number of unbranched alkanes of at least 4 members (excludes halogenated alkanes) is 1. The molecule has 0 saturated heterocycles. The number of amides is 2. The van der Waals surface area contributed by atoms with E-state index in [9.17, 15) is 9.59 Å². The van der Waals surface area contributed by atoms with Gasteiger partial charge in [-0.2, -0.15) is 0 Å². The predicted molar refractivity (Wildman–Crippen MR) is 131 cm³/mol. The highest BCUT2D eigenvalue weighted by Crippen LogP contribution is 2.22. The van der Waals surface area contributed by atoms with Gasteiger partial charge in [0.15, 0.2) is 0 Å². The van der Waals surface area contributed by atoms with Crippen molar-refractivity contribution in [1.82, 2.24) is 10.2 Å². The average Bonchev–Trinajstić information content (AvgIpc) is 2.77. The van der Waals surface area contributed by atoms with Crippen molar-refractivity contribution in [3.05, 3.63) is 64.7 Å². The maximum atomic E-state index is 13.1. The Bertz CT molecular complexity index is 842. The number of carbonyl (C=O) groups is 2. The first-order valence-electron chi connectivity index (χ1n) is 10.9. The van der Waals surface area contributed by atoms with Crippen LogP contribution in [0.15, 0.2) is 53.4 Å². The summed E-state index contributed by atoms with van der Waals surface area (Å²) in [5.41, 5.74) is 2.19. The van der Waals surface area contributed by atoms with E-state index >= 15 is 0 Å². The molecule has 1 atom stereocenters. The van der Waals surface area contributed by atoms with Gasteiger partial charge in [-0.15, -0.1) is 11.8 Å². The van der Waals surface area contributed by atoms with Crippen LogP contribution in [0.3, 0.4) is 0 Å². The summed E-state index contributed by atoms with van der Waals surface area (Å²) in [6, 6.07) is 15.2. The number of aryl methyl sites for hydroxylation is 1. The molecular formula is C25H33ClN2O2S. The maximum Gasteiger partial charge on any atom is 0.242 e. The molecule has 0 aliphatic heterocycles. The van der Waals surface area contributed by atoms with Gasteiger partial charge in [0.2, 0.25) is 11.8 Å². The van der Waals surface area contributed by atoms with E-state index in [1.54, 1.807) is 16.7 Å². The maximum absolute atomic E-state index is 13.1. The first kappa shape index (κ1) is 25.3. The SMILES string of the molecule is CCCCNC(=O)[C@H](C)N(Cc1ccccc1C)C(=O)CCCSc1ccc(Cl)cc1. The largest absolute Gasteiger partial charge is 0.354 e. The lowest BCUT2D eigenvalue weighted by atomic mass is 10.1. The molecule has 0 aliphatic carbocycles. The fourth-order valence-corrected chi connectivity index (χ4v) is 4.16. The van der Waals surface area contributed by atoms with Crippen molar-refractivity contribution in [2.75, 3.05) is 12.3 Å². The number of nitrogens with one attached hydrogen (secondary N) is 1. The van der Waals surface area contributed by atoms with Crippen LogP contribution in [-0.4, -0.2) is 35.1 Å². The summed E-state index contributed by atoms with van der Waals surface area (Å²) in [5.74, 6) is 0.756. The summed E-state index contributed by atoms with van der Waals surface area (Å²) >= 11 is 7.64. The van der Waals surface area contributed by atoms with Crippen LogP contribution in [-0.2, 0) is 16.1 Å². The van der Waals surface area contributed by atoms with E-state index in [0.29, 0.717) is 19.5 Å². The first-order valence-corrected chi connectivity index (χ1v) is 12.3. The van der Waals surface area contributed by atoms with Gasteiger partial charge in [0.1, 0.15) is 6.04 Å². The Morgan fingerprint density at radius 3 is 2.48 bits per heavy atom. The normalized spacial score (nSPS) is 11.7. The smallest absolute Gasteiger partial charge is 0.242 e. The molecule has 0 fully saturated rings. The van der Waals surface area contributed by atoms with E-state index in [1.165, 1.54) is 0 Å². The van der Waals surface area contributed by atoms with E-state index in [2.05, 4.69) is 12.2 Å². The van der Waals surface area contributed by atoms with Gasteiger partial charge in [0, 0.05) is 29.4 Å². The van der Waals surface area contributed by atoms with Crippen molar-refractivity contribution < 1.29 is 9.59 Å². The zero-order valence-electron chi connectivity index (χ0n) is 18.7. The van der Waals surface area contributed by atoms with Gasteiger partial charge in [-0.3, -0.25) is 9.59 Å². The van der Waals surface area contributed by atoms with Crippen molar-refractivity contribution >= 4 is 35.2 Å². The van der Waals surface area contributed by atoms with Crippen LogP contribution in [0.1, 0.15) is 50.7 Å². The highest BCUT2D eigenvalue weighted by Gasteiger charge is 2.25. The van der Waals surface area contributed by atoms with Crippen LogP contribution in [0.4, 0.5) is 0 Å². The minimum atomic E-state index is -0.507. The zero-order valence-corrected chi connectivity index (χ0v) is 20.3. The molecule has 0 unspecified atom stereocenters. The second-order valence-corrected chi connectivity index (χ2v) is 9.28. The Labute approximate surface area is 195 Å². The molecule has 2 aromatic rings. The van der Waals surface area contributed by atoms with Crippen LogP contribution in [0, 0.1) is 6.92 Å². The average molecular weight is 461 g/mol. The number of rotatable bonds is 12. The van der Waals surface area contributed by atoms with Gasteiger partial charge in [0.05, 0.1) is 0 Å². The number of hydrogen-bond donors (Lipinski definition) is 1. The number of hydrogen-bond acceptors (Lipinski definition) is 3. The number of nitrogens with zero attached hydrogens (tertiary/aromatic N) is 1. The molecule has 2 rings (SSSR count). The highest BCUT2D eigenvalue weighted by molar-refractivity contribution is 7.99. The molecule has 0 spiro atoms. The quantitative estimate of drug-likeness (QED) is 0.319. The summed E-state index contributed by atoms with van der Waals surface area (Å²) in [5, 5.41) is 3.68. The summed E-state index contributed by atoms with van der Waals surface area (Å²) in [4.78, 5) is 28.6. The van der Waals surface area contributed by atoms with Crippen LogP contribution in [0.5, 0.6) is 0 Å². The van der Waals surface area contributed by atoms with Gasteiger partial charge < -0.3 is 10.2 Å². The Hall–Kier alpha value is -1.98. The second-order valence-electron chi connectivity index (χ2n) is 7.67. The molecule has 6 heteroatoms. The number of benzene rings is 2. The van der Waals surface area contributed by atoms with Crippen LogP contribution in [0.2, 0.25) is 5.02 Å². The van der Waals surface area contributed by atoms with E-state index < -0.39 is 6.04 Å². The monoisotopic (exact) mass is 460 g/mol. The molecule has 2 amide bonds. The van der Waals surface area contributed by atoms with E-state index in [4.69, 9.17) is 11.6 Å². The summed E-state index contributed by atoms with van der Waals surface area (Å²) in [7, 11) is 0. The number of halogens is 1. The zero-order chi connectivity index (χ0) is 22.6. The van der Waals surface area contributed by atoms with Crippen LogP contribution >= 0.6 is 23.4 Å². The number of carbonyl (C=O) groups excluding carboxylic acids is 2. The Kier molecular flexibility index (Phi) is 11.0. The van der Waals surface area contributed by atoms with E-state index in [0.717, 1.165) is 46.1 Å². The van der Waals surface area contributed by atoms with Crippen molar-refractivity contribution in [1.29, 1.82) is 0 Å². The van der Waals surface area contributed by atoms with Crippen molar-refractivity contribution in [3.63, 3.8) is 0 Å². The lowest BCUT2D eigenvalue weighted by Gasteiger charge is -2.29. The van der Waals surface area contributed by atoms with Gasteiger partial charge in [0.25, 0.3) is 0 Å². The molecule has 0 radical (unpaired) electrons.